The lowest BCUT2D eigenvalue weighted by atomic mass is 10.4. The number of carbonyl (C=O) groups is 1. The van der Waals surface area contributed by atoms with Gasteiger partial charge in [-0.1, -0.05) is 18.7 Å². The van der Waals surface area contributed by atoms with E-state index in [4.69, 9.17) is 9.52 Å². The van der Waals surface area contributed by atoms with Crippen LogP contribution in [-0.2, 0) is 12.2 Å². The van der Waals surface area contributed by atoms with Gasteiger partial charge < -0.3 is 9.52 Å². The maximum atomic E-state index is 10.9. The van der Waals surface area contributed by atoms with E-state index in [2.05, 4.69) is 15.2 Å². The summed E-state index contributed by atoms with van der Waals surface area (Å²) in [7, 11) is 0. The van der Waals surface area contributed by atoms with Crippen LogP contribution in [-0.4, -0.2) is 26.3 Å². The Morgan fingerprint density at radius 2 is 2.17 bits per heavy atom. The molecule has 0 spiro atoms. The van der Waals surface area contributed by atoms with E-state index >= 15 is 0 Å². The molecule has 0 atom stereocenters. The van der Waals surface area contributed by atoms with Crippen LogP contribution >= 0.6 is 23.1 Å². The van der Waals surface area contributed by atoms with E-state index in [0.29, 0.717) is 34.0 Å². The third-order valence-corrected chi connectivity index (χ3v) is 4.37. The molecule has 18 heavy (non-hydrogen) atoms. The molecule has 2 aromatic rings. The highest BCUT2D eigenvalue weighted by atomic mass is 32.2. The Balaban J connectivity index is 2.01. The number of carboxylic acid groups (broad SMARTS) is 1. The number of aromatic carboxylic acids is 1. The Bertz CT molecular complexity index is 564. The van der Waals surface area contributed by atoms with Gasteiger partial charge in [-0.2, -0.15) is 0 Å². The minimum atomic E-state index is -0.942. The predicted molar refractivity (Wildman–Crippen MR) is 67.0 cm³/mol. The molecule has 0 amide bonds. The molecule has 0 unspecified atom stereocenters. The molecule has 0 aliphatic rings. The molecule has 0 fully saturated rings. The number of aromatic nitrogens is 3. The SMILES string of the molecule is CCc1nnc(CSc2nc(C)c(C(=O)O)s2)o1. The van der Waals surface area contributed by atoms with Crippen molar-refractivity contribution in [2.45, 2.75) is 30.4 Å². The van der Waals surface area contributed by atoms with Crippen molar-refractivity contribution >= 4 is 29.1 Å². The van der Waals surface area contributed by atoms with Gasteiger partial charge in [0, 0.05) is 6.42 Å². The van der Waals surface area contributed by atoms with E-state index in [1.54, 1.807) is 6.92 Å². The molecule has 0 bridgehead atoms. The number of hydrogen-bond acceptors (Lipinski definition) is 7. The van der Waals surface area contributed by atoms with Gasteiger partial charge in [0.25, 0.3) is 0 Å². The quantitative estimate of drug-likeness (QED) is 0.843. The first kappa shape index (κ1) is 13.0. The fourth-order valence-electron chi connectivity index (χ4n) is 1.24. The average molecular weight is 285 g/mol. The molecular formula is C10H11N3O3S2. The van der Waals surface area contributed by atoms with Gasteiger partial charge >= 0.3 is 5.97 Å². The summed E-state index contributed by atoms with van der Waals surface area (Å²) in [6.45, 7) is 3.62. The average Bonchev–Trinajstić information content (AvgIpc) is 2.92. The first-order valence-corrected chi connectivity index (χ1v) is 7.05. The Morgan fingerprint density at radius 3 is 2.72 bits per heavy atom. The lowest BCUT2D eigenvalue weighted by Crippen LogP contribution is -1.94. The van der Waals surface area contributed by atoms with Crippen molar-refractivity contribution in [3.8, 4) is 0 Å². The van der Waals surface area contributed by atoms with E-state index in [1.807, 2.05) is 6.92 Å². The van der Waals surface area contributed by atoms with Crippen molar-refractivity contribution in [2.24, 2.45) is 0 Å². The van der Waals surface area contributed by atoms with Crippen LogP contribution in [0.2, 0.25) is 0 Å². The summed E-state index contributed by atoms with van der Waals surface area (Å²) in [4.78, 5) is 15.3. The van der Waals surface area contributed by atoms with Crippen LogP contribution in [0.15, 0.2) is 8.76 Å². The van der Waals surface area contributed by atoms with Crippen LogP contribution < -0.4 is 0 Å². The summed E-state index contributed by atoms with van der Waals surface area (Å²) >= 11 is 2.56. The second-order valence-electron chi connectivity index (χ2n) is 3.43. The third-order valence-electron chi connectivity index (χ3n) is 2.10. The highest BCUT2D eigenvalue weighted by Crippen LogP contribution is 2.29. The predicted octanol–water partition coefficient (Wildman–Crippen LogP) is 2.39. The van der Waals surface area contributed by atoms with Crippen LogP contribution in [0, 0.1) is 6.92 Å². The molecule has 2 rings (SSSR count). The lowest BCUT2D eigenvalue weighted by molar-refractivity contribution is 0.0701. The molecule has 96 valence electrons. The minimum absolute atomic E-state index is 0.275. The van der Waals surface area contributed by atoms with Crippen LogP contribution in [0.3, 0.4) is 0 Å². The van der Waals surface area contributed by atoms with Gasteiger partial charge in [0.1, 0.15) is 4.88 Å². The van der Waals surface area contributed by atoms with Gasteiger partial charge in [0.05, 0.1) is 11.4 Å². The molecule has 2 aromatic heterocycles. The molecule has 0 aromatic carbocycles. The summed E-state index contributed by atoms with van der Waals surface area (Å²) in [5, 5.41) is 16.7. The number of thioether (sulfide) groups is 1. The summed E-state index contributed by atoms with van der Waals surface area (Å²) in [6.07, 6.45) is 0.706. The second-order valence-corrected chi connectivity index (χ2v) is 5.65. The topological polar surface area (TPSA) is 89.1 Å². The van der Waals surface area contributed by atoms with Crippen molar-refractivity contribution in [1.82, 2.24) is 15.2 Å². The number of hydrogen-bond donors (Lipinski definition) is 1. The molecule has 0 aliphatic heterocycles. The number of rotatable bonds is 5. The molecule has 0 aliphatic carbocycles. The molecule has 2 heterocycles. The smallest absolute Gasteiger partial charge is 0.347 e. The molecule has 6 nitrogen and oxygen atoms in total. The molecule has 0 saturated carbocycles. The van der Waals surface area contributed by atoms with Crippen LogP contribution in [0.1, 0.15) is 34.1 Å². The summed E-state index contributed by atoms with van der Waals surface area (Å²) in [5.41, 5.74) is 0.537. The van der Waals surface area contributed by atoms with Gasteiger partial charge in [0.2, 0.25) is 11.8 Å². The van der Waals surface area contributed by atoms with Crippen molar-refractivity contribution in [2.75, 3.05) is 0 Å². The Hall–Kier alpha value is -1.41. The fourth-order valence-corrected chi connectivity index (χ4v) is 3.11. The first-order valence-electron chi connectivity index (χ1n) is 5.25. The zero-order valence-corrected chi connectivity index (χ0v) is 11.5. The van der Waals surface area contributed by atoms with Gasteiger partial charge in [-0.15, -0.1) is 21.5 Å². The summed E-state index contributed by atoms with van der Waals surface area (Å²) in [5.74, 6) is 0.690. The normalized spacial score (nSPS) is 10.8. The first-order chi connectivity index (χ1) is 8.60. The van der Waals surface area contributed by atoms with Crippen molar-refractivity contribution in [1.29, 1.82) is 0 Å². The van der Waals surface area contributed by atoms with Crippen molar-refractivity contribution in [3.63, 3.8) is 0 Å². The monoisotopic (exact) mass is 285 g/mol. The fraction of sp³-hybridized carbons (Fsp3) is 0.400. The Kier molecular flexibility index (Phi) is 3.97. The zero-order chi connectivity index (χ0) is 13.1. The maximum absolute atomic E-state index is 10.9. The number of aryl methyl sites for hydroxylation is 2. The van der Waals surface area contributed by atoms with E-state index in [9.17, 15) is 4.79 Å². The van der Waals surface area contributed by atoms with Gasteiger partial charge in [-0.3, -0.25) is 0 Å². The van der Waals surface area contributed by atoms with Crippen LogP contribution in [0.5, 0.6) is 0 Å². The highest BCUT2D eigenvalue weighted by molar-refractivity contribution is 8.00. The van der Waals surface area contributed by atoms with Gasteiger partial charge in [-0.05, 0) is 6.92 Å². The highest BCUT2D eigenvalue weighted by Gasteiger charge is 2.15. The molecule has 8 heteroatoms. The maximum Gasteiger partial charge on any atom is 0.347 e. The van der Waals surface area contributed by atoms with Crippen LogP contribution in [0.4, 0.5) is 0 Å². The van der Waals surface area contributed by atoms with E-state index < -0.39 is 5.97 Å². The lowest BCUT2D eigenvalue weighted by Gasteiger charge is -1.91. The number of thiazole rings is 1. The van der Waals surface area contributed by atoms with E-state index in [-0.39, 0.29) is 4.88 Å². The zero-order valence-electron chi connectivity index (χ0n) is 9.84. The van der Waals surface area contributed by atoms with Gasteiger partial charge in [-0.25, -0.2) is 9.78 Å². The minimum Gasteiger partial charge on any atom is -0.477 e. The van der Waals surface area contributed by atoms with Crippen molar-refractivity contribution < 1.29 is 14.3 Å². The summed E-state index contributed by atoms with van der Waals surface area (Å²) in [6, 6.07) is 0. The number of nitrogens with zero attached hydrogens (tertiary/aromatic N) is 3. The molecule has 0 radical (unpaired) electrons. The Morgan fingerprint density at radius 1 is 1.44 bits per heavy atom. The third kappa shape index (κ3) is 2.88. The molecule has 0 saturated heterocycles. The summed E-state index contributed by atoms with van der Waals surface area (Å²) < 4.78 is 6.05. The largest absolute Gasteiger partial charge is 0.477 e. The molecule has 1 N–H and O–H groups in total. The molecular weight excluding hydrogens is 274 g/mol. The number of carboxylic acids is 1. The Labute approximate surface area is 111 Å². The van der Waals surface area contributed by atoms with Crippen LogP contribution in [0.25, 0.3) is 0 Å². The van der Waals surface area contributed by atoms with E-state index in [1.165, 1.54) is 11.8 Å². The van der Waals surface area contributed by atoms with E-state index in [0.717, 1.165) is 11.3 Å². The second kappa shape index (κ2) is 5.49. The van der Waals surface area contributed by atoms with Gasteiger partial charge in [0.15, 0.2) is 4.34 Å². The standard InChI is InChI=1S/C10H11N3O3S2/c1-3-6-12-13-7(16-6)4-17-10-11-5(2)8(18-10)9(14)15/h3-4H2,1-2H3,(H,14,15). The van der Waals surface area contributed by atoms with Crippen molar-refractivity contribution in [3.05, 3.63) is 22.4 Å².